The Morgan fingerprint density at radius 1 is 1.64 bits per heavy atom. The summed E-state index contributed by atoms with van der Waals surface area (Å²) in [5, 5.41) is 0. The molecule has 0 fully saturated rings. The van der Waals surface area contributed by atoms with Crippen molar-refractivity contribution in [1.29, 1.82) is 0 Å². The van der Waals surface area contributed by atoms with Crippen molar-refractivity contribution in [2.75, 3.05) is 5.75 Å². The Kier molecular flexibility index (Phi) is 5.57. The maximum atomic E-state index is 10.6. The van der Waals surface area contributed by atoms with Gasteiger partial charge in [0.15, 0.2) is 5.78 Å². The molecule has 0 aromatic heterocycles. The van der Waals surface area contributed by atoms with E-state index in [1.54, 1.807) is 6.08 Å². The highest BCUT2D eigenvalue weighted by atomic mass is 32.2. The standard InChI is InChI=1S/C9H12OS/c1-4-5-6-7-11-9(3)8(2)10/h4-6H,1,3,7H2,2H3. The van der Waals surface area contributed by atoms with Crippen molar-refractivity contribution in [3.8, 4) is 0 Å². The normalized spacial score (nSPS) is 9.91. The van der Waals surface area contributed by atoms with E-state index in [1.807, 2.05) is 12.2 Å². The molecule has 0 N–H and O–H groups in total. The predicted molar refractivity (Wildman–Crippen MR) is 51.6 cm³/mol. The van der Waals surface area contributed by atoms with Crippen LogP contribution in [0.3, 0.4) is 0 Å². The number of carbonyl (C=O) groups excluding carboxylic acids is 1. The molecule has 0 radical (unpaired) electrons. The Bertz CT molecular complexity index is 192. The summed E-state index contributed by atoms with van der Waals surface area (Å²) in [5.74, 6) is 0.826. The van der Waals surface area contributed by atoms with E-state index >= 15 is 0 Å². The van der Waals surface area contributed by atoms with Crippen LogP contribution in [0, 0.1) is 0 Å². The summed E-state index contributed by atoms with van der Waals surface area (Å²) in [6.45, 7) is 8.65. The van der Waals surface area contributed by atoms with Crippen LogP contribution in [-0.4, -0.2) is 11.5 Å². The van der Waals surface area contributed by atoms with E-state index in [-0.39, 0.29) is 5.78 Å². The van der Waals surface area contributed by atoms with Gasteiger partial charge in [0, 0.05) is 10.7 Å². The van der Waals surface area contributed by atoms with E-state index in [4.69, 9.17) is 0 Å². The molecule has 0 unspecified atom stereocenters. The van der Waals surface area contributed by atoms with E-state index in [9.17, 15) is 4.79 Å². The zero-order valence-corrected chi connectivity index (χ0v) is 7.49. The Morgan fingerprint density at radius 2 is 2.27 bits per heavy atom. The van der Waals surface area contributed by atoms with Crippen LogP contribution in [0.2, 0.25) is 0 Å². The second kappa shape index (κ2) is 5.98. The predicted octanol–water partition coefficient (Wildman–Crippen LogP) is 2.56. The highest BCUT2D eigenvalue weighted by Gasteiger charge is 1.97. The van der Waals surface area contributed by atoms with Gasteiger partial charge in [0.1, 0.15) is 0 Å². The van der Waals surface area contributed by atoms with Gasteiger partial charge in [-0.2, -0.15) is 0 Å². The third kappa shape index (κ3) is 5.67. The van der Waals surface area contributed by atoms with Gasteiger partial charge in [-0.1, -0.05) is 31.4 Å². The molecule has 0 spiro atoms. The van der Waals surface area contributed by atoms with Gasteiger partial charge in [-0.05, 0) is 6.92 Å². The van der Waals surface area contributed by atoms with Gasteiger partial charge in [0.2, 0.25) is 0 Å². The van der Waals surface area contributed by atoms with Gasteiger partial charge >= 0.3 is 0 Å². The van der Waals surface area contributed by atoms with Gasteiger partial charge in [-0.25, -0.2) is 0 Å². The zero-order valence-electron chi connectivity index (χ0n) is 6.67. The van der Waals surface area contributed by atoms with E-state index in [2.05, 4.69) is 13.2 Å². The van der Waals surface area contributed by atoms with E-state index in [1.165, 1.54) is 18.7 Å². The van der Waals surface area contributed by atoms with Gasteiger partial charge in [0.05, 0.1) is 0 Å². The smallest absolute Gasteiger partial charge is 0.165 e. The molecule has 0 saturated heterocycles. The van der Waals surface area contributed by atoms with Crippen molar-refractivity contribution < 1.29 is 4.79 Å². The second-order valence-corrected chi connectivity index (χ2v) is 3.07. The lowest BCUT2D eigenvalue weighted by Crippen LogP contribution is -1.89. The highest BCUT2D eigenvalue weighted by molar-refractivity contribution is 8.04. The number of rotatable bonds is 5. The minimum absolute atomic E-state index is 0.0435. The number of thioether (sulfide) groups is 1. The Morgan fingerprint density at radius 3 is 2.73 bits per heavy atom. The second-order valence-electron chi connectivity index (χ2n) is 1.95. The molecule has 0 aromatic carbocycles. The van der Waals surface area contributed by atoms with Crippen molar-refractivity contribution in [3.63, 3.8) is 0 Å². The molecule has 0 atom stereocenters. The van der Waals surface area contributed by atoms with E-state index in [0.717, 1.165) is 5.75 Å². The molecular formula is C9H12OS. The fraction of sp³-hybridized carbons (Fsp3) is 0.222. The van der Waals surface area contributed by atoms with E-state index < -0.39 is 0 Å². The summed E-state index contributed by atoms with van der Waals surface area (Å²) < 4.78 is 0. The van der Waals surface area contributed by atoms with Crippen molar-refractivity contribution in [2.45, 2.75) is 6.92 Å². The first-order valence-corrected chi connectivity index (χ1v) is 4.27. The first-order valence-electron chi connectivity index (χ1n) is 3.28. The Balaban J connectivity index is 3.55. The quantitative estimate of drug-likeness (QED) is 0.463. The number of Topliss-reactive ketones (excluding diaryl/α,β-unsaturated/α-hetero) is 1. The summed E-state index contributed by atoms with van der Waals surface area (Å²) in [7, 11) is 0. The third-order valence-electron chi connectivity index (χ3n) is 1.02. The van der Waals surface area contributed by atoms with Gasteiger partial charge in [-0.15, -0.1) is 11.8 Å². The molecular weight excluding hydrogens is 156 g/mol. The average molecular weight is 168 g/mol. The molecule has 0 rings (SSSR count). The van der Waals surface area contributed by atoms with Crippen LogP contribution in [-0.2, 0) is 4.79 Å². The Labute approximate surface area is 71.9 Å². The molecule has 0 aliphatic carbocycles. The first kappa shape index (κ1) is 10.2. The minimum Gasteiger partial charge on any atom is -0.294 e. The summed E-state index contributed by atoms with van der Waals surface area (Å²) in [5.41, 5.74) is 0. The lowest BCUT2D eigenvalue weighted by atomic mass is 10.4. The number of hydrogen-bond donors (Lipinski definition) is 0. The lowest BCUT2D eigenvalue weighted by molar-refractivity contribution is -0.112. The molecule has 60 valence electrons. The van der Waals surface area contributed by atoms with Crippen LogP contribution >= 0.6 is 11.8 Å². The van der Waals surface area contributed by atoms with Gasteiger partial charge in [-0.3, -0.25) is 4.79 Å². The number of allylic oxidation sites excluding steroid dienone is 3. The van der Waals surface area contributed by atoms with Crippen LogP contribution in [0.4, 0.5) is 0 Å². The lowest BCUT2D eigenvalue weighted by Gasteiger charge is -1.95. The molecule has 11 heavy (non-hydrogen) atoms. The van der Waals surface area contributed by atoms with Crippen LogP contribution in [0.1, 0.15) is 6.92 Å². The number of ketones is 1. The number of hydrogen-bond acceptors (Lipinski definition) is 2. The molecule has 0 bridgehead atoms. The third-order valence-corrected chi connectivity index (χ3v) is 2.01. The number of carbonyl (C=O) groups is 1. The maximum Gasteiger partial charge on any atom is 0.165 e. The topological polar surface area (TPSA) is 17.1 Å². The van der Waals surface area contributed by atoms with Crippen molar-refractivity contribution in [3.05, 3.63) is 36.3 Å². The fourth-order valence-corrected chi connectivity index (χ4v) is 1.01. The fourth-order valence-electron chi connectivity index (χ4n) is 0.402. The van der Waals surface area contributed by atoms with Crippen molar-refractivity contribution in [2.24, 2.45) is 0 Å². The van der Waals surface area contributed by atoms with Gasteiger partial charge in [0.25, 0.3) is 0 Å². The van der Waals surface area contributed by atoms with Crippen molar-refractivity contribution in [1.82, 2.24) is 0 Å². The van der Waals surface area contributed by atoms with Crippen LogP contribution in [0.5, 0.6) is 0 Å². The molecule has 0 aromatic rings. The van der Waals surface area contributed by atoms with Crippen LogP contribution in [0.25, 0.3) is 0 Å². The summed E-state index contributed by atoms with van der Waals surface area (Å²) in [4.78, 5) is 11.3. The first-order chi connectivity index (χ1) is 5.18. The summed E-state index contributed by atoms with van der Waals surface area (Å²) in [6, 6.07) is 0. The van der Waals surface area contributed by atoms with Crippen LogP contribution in [0.15, 0.2) is 36.3 Å². The monoisotopic (exact) mass is 168 g/mol. The van der Waals surface area contributed by atoms with E-state index in [0.29, 0.717) is 4.91 Å². The van der Waals surface area contributed by atoms with Crippen LogP contribution < -0.4 is 0 Å². The van der Waals surface area contributed by atoms with Gasteiger partial charge < -0.3 is 0 Å². The zero-order chi connectivity index (χ0) is 8.69. The summed E-state index contributed by atoms with van der Waals surface area (Å²) >= 11 is 1.45. The molecule has 0 heterocycles. The molecule has 0 saturated carbocycles. The molecule has 0 aliphatic rings. The summed E-state index contributed by atoms with van der Waals surface area (Å²) in [6.07, 6.45) is 5.49. The maximum absolute atomic E-state index is 10.6. The highest BCUT2D eigenvalue weighted by Crippen LogP contribution is 2.13. The van der Waals surface area contributed by atoms with Crippen molar-refractivity contribution >= 4 is 17.5 Å². The minimum atomic E-state index is 0.0435. The largest absolute Gasteiger partial charge is 0.294 e. The molecule has 1 nitrogen and oxygen atoms in total. The SMILES string of the molecule is C=CC=CCSC(=C)C(C)=O. The molecule has 0 aliphatic heterocycles. The Hall–Kier alpha value is -0.760. The average Bonchev–Trinajstić information content (AvgIpc) is 1.97. The molecule has 0 amide bonds. The molecule has 2 heteroatoms.